The summed E-state index contributed by atoms with van der Waals surface area (Å²) in [5, 5.41) is 20.7. The number of benzene rings is 2. The largest absolute Gasteiger partial charge is 0.516 e. The molecule has 0 spiro atoms. The highest BCUT2D eigenvalue weighted by atomic mass is 32.1. The molecule has 10 heteroatoms. The summed E-state index contributed by atoms with van der Waals surface area (Å²) >= 11 is 1.25. The predicted molar refractivity (Wildman–Crippen MR) is 137 cm³/mol. The van der Waals surface area contributed by atoms with E-state index in [0.717, 1.165) is 18.1 Å². The van der Waals surface area contributed by atoms with Crippen molar-refractivity contribution in [3.63, 3.8) is 0 Å². The highest BCUT2D eigenvalue weighted by Crippen LogP contribution is 2.33. The van der Waals surface area contributed by atoms with E-state index in [1.807, 2.05) is 6.92 Å². The van der Waals surface area contributed by atoms with E-state index in [4.69, 9.17) is 14.9 Å². The first-order chi connectivity index (χ1) is 17.0. The van der Waals surface area contributed by atoms with Gasteiger partial charge >= 0.3 is 5.97 Å². The van der Waals surface area contributed by atoms with Crippen molar-refractivity contribution in [1.29, 1.82) is 0 Å². The van der Waals surface area contributed by atoms with Crippen LogP contribution in [0.1, 0.15) is 65.8 Å². The van der Waals surface area contributed by atoms with Crippen molar-refractivity contribution >= 4 is 39.1 Å². The van der Waals surface area contributed by atoms with Crippen molar-refractivity contribution in [2.75, 3.05) is 12.4 Å². The highest BCUT2D eigenvalue weighted by molar-refractivity contribution is 7.19. The number of ether oxygens (including phenoxy) is 1. The van der Waals surface area contributed by atoms with E-state index in [1.165, 1.54) is 37.6 Å². The lowest BCUT2D eigenvalue weighted by atomic mass is 9.98. The third-order valence-corrected chi connectivity index (χ3v) is 6.27. The minimum absolute atomic E-state index is 0.108. The number of hydrogen-bond donors (Lipinski definition) is 3. The summed E-state index contributed by atoms with van der Waals surface area (Å²) in [5.41, 5.74) is 0.437. The van der Waals surface area contributed by atoms with Gasteiger partial charge in [0.1, 0.15) is 28.5 Å². The number of nitrogens with zero attached hydrogens (tertiary/aromatic N) is 1. The first-order valence-corrected chi connectivity index (χ1v) is 12.1. The van der Waals surface area contributed by atoms with E-state index in [1.54, 1.807) is 19.1 Å². The van der Waals surface area contributed by atoms with Gasteiger partial charge in [-0.05, 0) is 50.0 Å². The molecule has 194 valence electrons. The quantitative estimate of drug-likeness (QED) is 0.273. The smallest absolute Gasteiger partial charge is 0.340 e. The SMILES string of the molecule is CCCC(C)C/C(C)=C\O.COc1ccc2nc(C)sc2c1C(=O)Nc1cc(F)cc(F)c1C(=O)O. The van der Waals surface area contributed by atoms with Gasteiger partial charge in [0.05, 0.1) is 34.3 Å². The van der Waals surface area contributed by atoms with E-state index < -0.39 is 34.8 Å². The number of anilines is 1. The fourth-order valence-corrected chi connectivity index (χ4v) is 4.69. The summed E-state index contributed by atoms with van der Waals surface area (Å²) < 4.78 is 33.0. The predicted octanol–water partition coefficient (Wildman–Crippen LogP) is 7.12. The summed E-state index contributed by atoms with van der Waals surface area (Å²) in [6, 6.07) is 4.40. The Balaban J connectivity index is 0.000000388. The molecule has 3 N–H and O–H groups in total. The highest BCUT2D eigenvalue weighted by Gasteiger charge is 2.23. The van der Waals surface area contributed by atoms with E-state index in [-0.39, 0.29) is 11.3 Å². The number of halogens is 2. The Morgan fingerprint density at radius 3 is 2.53 bits per heavy atom. The van der Waals surface area contributed by atoms with Crippen LogP contribution in [-0.2, 0) is 0 Å². The van der Waals surface area contributed by atoms with Crippen LogP contribution in [0.5, 0.6) is 5.75 Å². The Kier molecular flexibility index (Phi) is 10.3. The molecular formula is C26H30F2N2O5S. The molecule has 0 saturated carbocycles. The maximum atomic E-state index is 13.8. The van der Waals surface area contributed by atoms with Crippen molar-refractivity contribution in [1.82, 2.24) is 4.98 Å². The molecular weight excluding hydrogens is 490 g/mol. The number of carbonyl (C=O) groups is 2. The van der Waals surface area contributed by atoms with Crippen LogP contribution in [-0.4, -0.2) is 34.2 Å². The van der Waals surface area contributed by atoms with Crippen molar-refractivity contribution in [3.05, 3.63) is 63.9 Å². The molecule has 0 saturated heterocycles. The lowest BCUT2D eigenvalue weighted by Crippen LogP contribution is -2.17. The van der Waals surface area contributed by atoms with E-state index in [2.05, 4.69) is 24.1 Å². The third kappa shape index (κ3) is 7.24. The molecule has 1 amide bonds. The third-order valence-electron chi connectivity index (χ3n) is 5.26. The normalized spacial score (nSPS) is 12.0. The molecule has 7 nitrogen and oxygen atoms in total. The number of aromatic carboxylic acids is 1. The molecule has 2 aromatic carbocycles. The number of aliphatic hydroxyl groups excluding tert-OH is 1. The van der Waals surface area contributed by atoms with Gasteiger partial charge in [0, 0.05) is 6.07 Å². The zero-order valence-corrected chi connectivity index (χ0v) is 21.6. The lowest BCUT2D eigenvalue weighted by molar-refractivity contribution is 0.0693. The van der Waals surface area contributed by atoms with Gasteiger partial charge in [-0.2, -0.15) is 0 Å². The van der Waals surface area contributed by atoms with Gasteiger partial charge in [-0.25, -0.2) is 18.6 Å². The minimum atomic E-state index is -1.63. The fourth-order valence-electron chi connectivity index (χ4n) is 3.74. The number of methoxy groups -OCH3 is 1. The molecule has 3 aromatic rings. The Bertz CT molecular complexity index is 1270. The Hall–Kier alpha value is -3.53. The first kappa shape index (κ1) is 28.7. The Morgan fingerprint density at radius 1 is 1.25 bits per heavy atom. The number of thiazole rings is 1. The van der Waals surface area contributed by atoms with Gasteiger partial charge in [-0.3, -0.25) is 4.79 Å². The number of aromatic nitrogens is 1. The van der Waals surface area contributed by atoms with Crippen LogP contribution in [0.15, 0.2) is 36.1 Å². The molecule has 1 heterocycles. The number of hydrogen-bond acceptors (Lipinski definition) is 6. The Labute approximate surface area is 212 Å². The van der Waals surface area contributed by atoms with E-state index in [0.29, 0.717) is 27.2 Å². The number of fused-ring (bicyclic) bond motifs is 1. The number of amides is 1. The fraction of sp³-hybridized carbons (Fsp3) is 0.346. The molecule has 1 unspecified atom stereocenters. The minimum Gasteiger partial charge on any atom is -0.516 e. The zero-order chi connectivity index (χ0) is 27.0. The second kappa shape index (κ2) is 13.0. The summed E-state index contributed by atoms with van der Waals surface area (Å²) in [5.74, 6) is -3.74. The van der Waals surface area contributed by atoms with Crippen LogP contribution >= 0.6 is 11.3 Å². The van der Waals surface area contributed by atoms with Gasteiger partial charge in [-0.1, -0.05) is 26.7 Å². The molecule has 0 aliphatic carbocycles. The van der Waals surface area contributed by atoms with Gasteiger partial charge in [0.25, 0.3) is 5.91 Å². The monoisotopic (exact) mass is 520 g/mol. The Morgan fingerprint density at radius 2 is 1.94 bits per heavy atom. The van der Waals surface area contributed by atoms with Crippen LogP contribution in [0.25, 0.3) is 10.2 Å². The van der Waals surface area contributed by atoms with Gasteiger partial charge in [0.15, 0.2) is 0 Å². The van der Waals surface area contributed by atoms with Crippen molar-refractivity contribution in [2.24, 2.45) is 5.92 Å². The standard InChI is InChI=1S/C17H12F2N2O4S.C9H18O/c1-7-20-10-3-4-12(25-2)14(15(10)26-7)16(22)21-11-6-8(18)5-9(19)13(11)17(23)24;1-4-5-8(2)6-9(3)7-10/h3-6H,1-2H3,(H,21,22)(H,23,24);7-8,10H,4-6H2,1-3H3/b;9-7-. The second-order valence-electron chi connectivity index (χ2n) is 8.37. The number of allylic oxidation sites excluding steroid dienone is 1. The van der Waals surface area contributed by atoms with Crippen LogP contribution < -0.4 is 10.1 Å². The average molecular weight is 521 g/mol. The number of carbonyl (C=O) groups excluding carboxylic acids is 1. The van der Waals surface area contributed by atoms with Crippen molar-refractivity contribution in [2.45, 2.75) is 47.0 Å². The maximum Gasteiger partial charge on any atom is 0.340 e. The molecule has 36 heavy (non-hydrogen) atoms. The molecule has 0 bridgehead atoms. The number of carboxylic acid groups (broad SMARTS) is 1. The number of carboxylic acids is 1. The maximum absolute atomic E-state index is 13.8. The number of aliphatic hydroxyl groups is 1. The average Bonchev–Trinajstić information content (AvgIpc) is 3.17. The summed E-state index contributed by atoms with van der Waals surface area (Å²) in [6.45, 7) is 8.14. The summed E-state index contributed by atoms with van der Waals surface area (Å²) in [6.07, 6.45) is 4.74. The topological polar surface area (TPSA) is 109 Å². The van der Waals surface area contributed by atoms with Crippen molar-refractivity contribution in [3.8, 4) is 5.75 Å². The van der Waals surface area contributed by atoms with Gasteiger partial charge < -0.3 is 20.3 Å². The molecule has 3 rings (SSSR count). The molecule has 0 radical (unpaired) electrons. The van der Waals surface area contributed by atoms with Gasteiger partial charge in [-0.15, -0.1) is 11.3 Å². The molecule has 0 aliphatic heterocycles. The molecule has 0 fully saturated rings. The van der Waals surface area contributed by atoms with Crippen LogP contribution in [0.3, 0.4) is 0 Å². The molecule has 1 atom stereocenters. The molecule has 0 aliphatic rings. The lowest BCUT2D eigenvalue weighted by Gasteiger charge is -2.12. The van der Waals surface area contributed by atoms with Gasteiger partial charge in [0.2, 0.25) is 0 Å². The van der Waals surface area contributed by atoms with E-state index in [9.17, 15) is 18.4 Å². The molecule has 1 aromatic heterocycles. The van der Waals surface area contributed by atoms with Crippen LogP contribution in [0.2, 0.25) is 0 Å². The number of aryl methyl sites for hydroxylation is 1. The van der Waals surface area contributed by atoms with E-state index >= 15 is 0 Å². The zero-order valence-electron chi connectivity index (χ0n) is 20.8. The second-order valence-corrected chi connectivity index (χ2v) is 9.57. The number of rotatable bonds is 8. The van der Waals surface area contributed by atoms with Crippen molar-refractivity contribution < 1.29 is 33.3 Å². The van der Waals surface area contributed by atoms with Crippen LogP contribution in [0.4, 0.5) is 14.5 Å². The first-order valence-electron chi connectivity index (χ1n) is 11.3. The number of nitrogens with one attached hydrogen (secondary N) is 1. The van der Waals surface area contributed by atoms with Crippen LogP contribution in [0, 0.1) is 24.5 Å². The summed E-state index contributed by atoms with van der Waals surface area (Å²) in [4.78, 5) is 28.3. The summed E-state index contributed by atoms with van der Waals surface area (Å²) in [7, 11) is 1.37.